The van der Waals surface area contributed by atoms with E-state index in [0.717, 1.165) is 16.9 Å². The van der Waals surface area contributed by atoms with Crippen molar-refractivity contribution in [2.75, 3.05) is 32.2 Å². The fourth-order valence-corrected chi connectivity index (χ4v) is 3.65. The summed E-state index contributed by atoms with van der Waals surface area (Å²) in [7, 11) is 3.12. The van der Waals surface area contributed by atoms with Crippen LogP contribution in [-0.2, 0) is 4.79 Å². The van der Waals surface area contributed by atoms with Gasteiger partial charge < -0.3 is 19.7 Å². The average molecular weight is 497 g/mol. The third-order valence-electron chi connectivity index (χ3n) is 5.52. The summed E-state index contributed by atoms with van der Waals surface area (Å²) in [4.78, 5) is 22.8. The number of fused-ring (bicyclic) bond motifs is 1. The predicted molar refractivity (Wildman–Crippen MR) is 132 cm³/mol. The van der Waals surface area contributed by atoms with Gasteiger partial charge in [-0.1, -0.05) is 0 Å². The molecule has 1 amide bonds. The van der Waals surface area contributed by atoms with Crippen LogP contribution in [0.5, 0.6) is 11.5 Å². The molecule has 0 unspecified atom stereocenters. The third-order valence-corrected chi connectivity index (χ3v) is 5.52. The van der Waals surface area contributed by atoms with Gasteiger partial charge in [0, 0.05) is 61.3 Å². The van der Waals surface area contributed by atoms with Gasteiger partial charge in [-0.3, -0.25) is 14.9 Å². The molecule has 0 spiro atoms. The van der Waals surface area contributed by atoms with Gasteiger partial charge in [0.05, 0.1) is 43.3 Å². The number of halogens is 2. The average Bonchev–Trinajstić information content (AvgIpc) is 3.42. The summed E-state index contributed by atoms with van der Waals surface area (Å²) in [5.74, 6) is -3.54. The maximum Gasteiger partial charge on any atom is 0.321 e. The van der Waals surface area contributed by atoms with Gasteiger partial charge in [0.2, 0.25) is 0 Å². The van der Waals surface area contributed by atoms with E-state index in [4.69, 9.17) is 14.5 Å². The van der Waals surface area contributed by atoms with Gasteiger partial charge in [0.25, 0.3) is 5.91 Å². The van der Waals surface area contributed by atoms with Gasteiger partial charge in [0.15, 0.2) is 0 Å². The first-order valence-electron chi connectivity index (χ1n) is 11.2. The summed E-state index contributed by atoms with van der Waals surface area (Å²) >= 11 is 0. The van der Waals surface area contributed by atoms with Gasteiger partial charge in [-0.05, 0) is 24.6 Å². The van der Waals surface area contributed by atoms with Crippen LogP contribution in [0.3, 0.4) is 0 Å². The number of methoxy groups -OCH3 is 2. The summed E-state index contributed by atoms with van der Waals surface area (Å²) in [6.07, 6.45) is 5.50. The number of anilines is 2. The van der Waals surface area contributed by atoms with Crippen molar-refractivity contribution in [2.45, 2.75) is 19.3 Å². The number of aromatic nitrogens is 4. The molecular weight excluding hydrogens is 470 g/mol. The maximum absolute atomic E-state index is 13.2. The topological polar surface area (TPSA) is 105 Å². The Labute approximate surface area is 206 Å². The number of hydrogen-bond acceptors (Lipinski definition) is 7. The van der Waals surface area contributed by atoms with Crippen LogP contribution >= 0.6 is 0 Å². The predicted octanol–water partition coefficient (Wildman–Crippen LogP) is 4.34. The second-order valence-electron chi connectivity index (χ2n) is 8.14. The molecular formula is C25H26F2N6O3. The minimum atomic E-state index is -3.43. The number of carbonyl (C=O) groups is 1. The second-order valence-corrected chi connectivity index (χ2v) is 8.14. The van der Waals surface area contributed by atoms with E-state index in [0.29, 0.717) is 48.1 Å². The third kappa shape index (κ3) is 5.68. The molecule has 2 N–H and O–H groups in total. The molecule has 2 aromatic heterocycles. The molecule has 2 aromatic carbocycles. The highest BCUT2D eigenvalue weighted by Gasteiger charge is 2.31. The van der Waals surface area contributed by atoms with Crippen LogP contribution in [0.15, 0.2) is 55.0 Å². The molecule has 11 heteroatoms. The van der Waals surface area contributed by atoms with Crippen LogP contribution in [0.4, 0.5) is 20.2 Å². The SMILES string of the molecule is COc1cc(OC)cc(N(CCCNC(=O)C(C)(F)F)c2ccc3ncc(-c4cn[nH]c4)nc3c2)c1. The molecule has 36 heavy (non-hydrogen) atoms. The van der Waals surface area contributed by atoms with E-state index < -0.39 is 11.8 Å². The van der Waals surface area contributed by atoms with Crippen molar-refractivity contribution in [3.8, 4) is 22.8 Å². The maximum atomic E-state index is 13.2. The van der Waals surface area contributed by atoms with Crippen LogP contribution in [-0.4, -0.2) is 59.3 Å². The zero-order chi connectivity index (χ0) is 25.7. The number of nitrogens with one attached hydrogen (secondary N) is 2. The van der Waals surface area contributed by atoms with E-state index in [9.17, 15) is 13.6 Å². The lowest BCUT2D eigenvalue weighted by Gasteiger charge is -2.26. The minimum absolute atomic E-state index is 0.0812. The fourth-order valence-electron chi connectivity index (χ4n) is 3.65. The number of ether oxygens (including phenoxy) is 2. The largest absolute Gasteiger partial charge is 0.497 e. The minimum Gasteiger partial charge on any atom is -0.497 e. The Morgan fingerprint density at radius 1 is 1.06 bits per heavy atom. The number of carbonyl (C=O) groups excluding carboxylic acids is 1. The van der Waals surface area contributed by atoms with Gasteiger partial charge in [-0.25, -0.2) is 4.98 Å². The summed E-state index contributed by atoms with van der Waals surface area (Å²) in [6, 6.07) is 11.1. The van der Waals surface area contributed by atoms with Crippen LogP contribution < -0.4 is 19.7 Å². The van der Waals surface area contributed by atoms with Gasteiger partial charge in [0.1, 0.15) is 11.5 Å². The molecule has 0 aliphatic carbocycles. The van der Waals surface area contributed by atoms with Crippen molar-refractivity contribution in [3.63, 3.8) is 0 Å². The fraction of sp³-hybridized carbons (Fsp3) is 0.280. The van der Waals surface area contributed by atoms with E-state index in [-0.39, 0.29) is 6.54 Å². The first-order chi connectivity index (χ1) is 17.3. The number of nitrogens with zero attached hydrogens (tertiary/aromatic N) is 4. The quantitative estimate of drug-likeness (QED) is 0.315. The van der Waals surface area contributed by atoms with Crippen LogP contribution in [0, 0.1) is 0 Å². The monoisotopic (exact) mass is 496 g/mol. The number of amides is 1. The van der Waals surface area contributed by atoms with E-state index in [1.165, 1.54) is 0 Å². The van der Waals surface area contributed by atoms with Crippen LogP contribution in [0.2, 0.25) is 0 Å². The van der Waals surface area contributed by atoms with Crippen molar-refractivity contribution in [2.24, 2.45) is 0 Å². The van der Waals surface area contributed by atoms with E-state index in [1.54, 1.807) is 38.9 Å². The highest BCUT2D eigenvalue weighted by atomic mass is 19.3. The normalized spacial score (nSPS) is 11.4. The molecule has 0 saturated heterocycles. The Hall–Kier alpha value is -4.28. The zero-order valence-corrected chi connectivity index (χ0v) is 20.1. The first-order valence-corrected chi connectivity index (χ1v) is 11.2. The standard InChI is InChI=1S/C25H26F2N6O3/c1-25(26,27)24(34)28-7-4-8-33(18-9-19(35-2)12-20(10-18)36-3)17-5-6-21-22(11-17)32-23(15-29-21)16-13-30-31-14-16/h5-6,9-15H,4,7-8H2,1-3H3,(H,28,34)(H,30,31). The lowest BCUT2D eigenvalue weighted by molar-refractivity contribution is -0.142. The van der Waals surface area contributed by atoms with Crippen molar-refractivity contribution in [1.29, 1.82) is 0 Å². The van der Waals surface area contributed by atoms with Gasteiger partial charge in [-0.15, -0.1) is 0 Å². The Kier molecular flexibility index (Phi) is 7.28. The molecule has 0 radical (unpaired) electrons. The Morgan fingerprint density at radius 3 is 2.44 bits per heavy atom. The molecule has 0 aliphatic heterocycles. The van der Waals surface area contributed by atoms with Crippen LogP contribution in [0.1, 0.15) is 13.3 Å². The molecule has 0 atom stereocenters. The highest BCUT2D eigenvalue weighted by molar-refractivity contribution is 5.83. The highest BCUT2D eigenvalue weighted by Crippen LogP contribution is 2.34. The summed E-state index contributed by atoms with van der Waals surface area (Å²) < 4.78 is 37.3. The van der Waals surface area contributed by atoms with E-state index >= 15 is 0 Å². The molecule has 0 aliphatic rings. The van der Waals surface area contributed by atoms with Crippen molar-refractivity contribution in [3.05, 3.63) is 55.0 Å². The number of aromatic amines is 1. The van der Waals surface area contributed by atoms with Gasteiger partial charge >= 0.3 is 5.92 Å². The molecule has 188 valence electrons. The number of H-pyrrole nitrogens is 1. The summed E-state index contributed by atoms with van der Waals surface area (Å²) in [5, 5.41) is 9.02. The van der Waals surface area contributed by atoms with E-state index in [2.05, 4.69) is 20.5 Å². The molecule has 0 saturated carbocycles. The lowest BCUT2D eigenvalue weighted by atomic mass is 10.1. The van der Waals surface area contributed by atoms with E-state index in [1.807, 2.05) is 35.2 Å². The lowest BCUT2D eigenvalue weighted by Crippen LogP contribution is -2.38. The summed E-state index contributed by atoms with van der Waals surface area (Å²) in [5.41, 5.74) is 4.43. The Morgan fingerprint density at radius 2 is 1.81 bits per heavy atom. The van der Waals surface area contributed by atoms with Crippen molar-refractivity contribution < 1.29 is 23.0 Å². The number of alkyl halides is 2. The Balaban J connectivity index is 1.67. The summed E-state index contributed by atoms with van der Waals surface area (Å²) in [6.45, 7) is 1.06. The number of rotatable bonds is 10. The number of benzene rings is 2. The molecule has 0 bridgehead atoms. The zero-order valence-electron chi connectivity index (χ0n) is 20.1. The number of hydrogen-bond donors (Lipinski definition) is 2. The van der Waals surface area contributed by atoms with Gasteiger partial charge in [-0.2, -0.15) is 13.9 Å². The molecule has 4 aromatic rings. The molecule has 4 rings (SSSR count). The molecule has 0 fully saturated rings. The smallest absolute Gasteiger partial charge is 0.321 e. The van der Waals surface area contributed by atoms with Crippen molar-refractivity contribution >= 4 is 28.3 Å². The molecule has 2 heterocycles. The Bertz CT molecular complexity index is 1320. The van der Waals surface area contributed by atoms with Crippen LogP contribution in [0.25, 0.3) is 22.3 Å². The first kappa shape index (κ1) is 24.8. The molecule has 9 nitrogen and oxygen atoms in total. The second kappa shape index (κ2) is 10.5. The van der Waals surface area contributed by atoms with Crippen molar-refractivity contribution in [1.82, 2.24) is 25.5 Å².